The topological polar surface area (TPSA) is 73.9 Å². The van der Waals surface area contributed by atoms with Crippen molar-refractivity contribution in [3.63, 3.8) is 0 Å². The van der Waals surface area contributed by atoms with E-state index in [1.807, 2.05) is 12.1 Å². The Bertz CT molecular complexity index is 517. The Morgan fingerprint density at radius 2 is 1.65 bits per heavy atom. The lowest BCUT2D eigenvalue weighted by atomic mass is 9.70. The minimum Gasteiger partial charge on any atom is -0.497 e. The van der Waals surface area contributed by atoms with Crippen molar-refractivity contribution < 1.29 is 9.53 Å². The van der Waals surface area contributed by atoms with Crippen LogP contribution in [0.4, 0.5) is 0 Å². The van der Waals surface area contributed by atoms with Gasteiger partial charge in [0, 0.05) is 12.8 Å². The Morgan fingerprint density at radius 1 is 1.15 bits per heavy atom. The molecule has 1 aromatic rings. The fraction of sp³-hybridized carbons (Fsp3) is 0.438. The third-order valence-corrected chi connectivity index (χ3v) is 3.64. The van der Waals surface area contributed by atoms with Crippen LogP contribution in [0.15, 0.2) is 24.3 Å². The molecule has 0 aliphatic carbocycles. The smallest absolute Gasteiger partial charge is 0.140 e. The molecule has 0 saturated heterocycles. The molecule has 0 N–H and O–H groups in total. The normalized spacial score (nSPS) is 10.4. The van der Waals surface area contributed by atoms with Crippen LogP contribution in [0, 0.1) is 22.7 Å². The maximum Gasteiger partial charge on any atom is 0.140 e. The Morgan fingerprint density at radius 3 is 2.00 bits per heavy atom. The second kappa shape index (κ2) is 7.31. The van der Waals surface area contributed by atoms with E-state index in [0.717, 1.165) is 5.56 Å². The largest absolute Gasteiger partial charge is 0.497 e. The average molecular weight is 270 g/mol. The maximum atomic E-state index is 12.2. The first kappa shape index (κ1) is 15.7. The van der Waals surface area contributed by atoms with E-state index < -0.39 is 5.41 Å². The van der Waals surface area contributed by atoms with Crippen LogP contribution in [-0.2, 0) is 10.2 Å². The monoisotopic (exact) mass is 270 g/mol. The Kier molecular flexibility index (Phi) is 5.74. The van der Waals surface area contributed by atoms with Gasteiger partial charge in [0.05, 0.1) is 24.7 Å². The molecule has 0 heterocycles. The number of methoxy groups -OCH3 is 1. The summed E-state index contributed by atoms with van der Waals surface area (Å²) in [6, 6.07) is 11.5. The summed E-state index contributed by atoms with van der Waals surface area (Å²) in [4.78, 5) is 12.2. The van der Waals surface area contributed by atoms with Crippen molar-refractivity contribution >= 4 is 5.78 Å². The van der Waals surface area contributed by atoms with E-state index in [9.17, 15) is 4.79 Å². The second-order valence-electron chi connectivity index (χ2n) is 4.68. The molecule has 0 aliphatic rings. The Balaban J connectivity index is 3.21. The van der Waals surface area contributed by atoms with Crippen molar-refractivity contribution in [1.82, 2.24) is 0 Å². The number of ketones is 1. The molecule has 0 fully saturated rings. The van der Waals surface area contributed by atoms with E-state index in [0.29, 0.717) is 18.6 Å². The highest BCUT2D eigenvalue weighted by Gasteiger charge is 2.36. The predicted octanol–water partition coefficient (Wildman–Crippen LogP) is 3.13. The molecule has 0 amide bonds. The number of carbonyl (C=O) groups is 1. The van der Waals surface area contributed by atoms with Crippen LogP contribution in [0.25, 0.3) is 0 Å². The molecule has 1 aromatic carbocycles. The molecule has 0 unspecified atom stereocenters. The molecule has 0 aromatic heterocycles. The summed E-state index contributed by atoms with van der Waals surface area (Å²) in [6.07, 6.45) is 1.45. The van der Waals surface area contributed by atoms with Crippen molar-refractivity contribution in [2.75, 3.05) is 7.11 Å². The zero-order chi connectivity index (χ0) is 15.0. The third kappa shape index (κ3) is 3.36. The van der Waals surface area contributed by atoms with Gasteiger partial charge < -0.3 is 4.74 Å². The van der Waals surface area contributed by atoms with Gasteiger partial charge in [0.2, 0.25) is 0 Å². The molecule has 104 valence electrons. The Hall–Kier alpha value is -2.33. The number of nitriles is 2. The zero-order valence-corrected chi connectivity index (χ0v) is 11.8. The molecule has 0 radical (unpaired) electrons. The Labute approximate surface area is 119 Å². The predicted molar refractivity (Wildman–Crippen MR) is 75.0 cm³/mol. The van der Waals surface area contributed by atoms with Gasteiger partial charge >= 0.3 is 0 Å². The van der Waals surface area contributed by atoms with Gasteiger partial charge in [-0.05, 0) is 37.5 Å². The number of ether oxygens (including phenoxy) is 1. The number of benzene rings is 1. The molecular formula is C16H18N2O2. The average Bonchev–Trinajstić information content (AvgIpc) is 2.48. The van der Waals surface area contributed by atoms with E-state index in [1.54, 1.807) is 19.2 Å². The van der Waals surface area contributed by atoms with Gasteiger partial charge in [-0.2, -0.15) is 10.5 Å². The van der Waals surface area contributed by atoms with Gasteiger partial charge in [-0.15, -0.1) is 0 Å². The lowest BCUT2D eigenvalue weighted by Crippen LogP contribution is -2.34. The summed E-state index contributed by atoms with van der Waals surface area (Å²) in [6.45, 7) is 1.53. The molecule has 0 atom stereocenters. The first-order valence-electron chi connectivity index (χ1n) is 6.50. The van der Waals surface area contributed by atoms with Crippen molar-refractivity contribution in [2.45, 2.75) is 38.0 Å². The highest BCUT2D eigenvalue weighted by atomic mass is 16.5. The van der Waals surface area contributed by atoms with Gasteiger partial charge in [0.15, 0.2) is 0 Å². The number of hydrogen-bond donors (Lipinski definition) is 0. The van der Waals surface area contributed by atoms with Gasteiger partial charge in [0.25, 0.3) is 0 Å². The van der Waals surface area contributed by atoms with Gasteiger partial charge in [0.1, 0.15) is 11.5 Å². The van der Waals surface area contributed by atoms with Crippen molar-refractivity contribution in [3.8, 4) is 17.9 Å². The lowest BCUT2D eigenvalue weighted by Gasteiger charge is -2.30. The number of carbonyl (C=O) groups excluding carboxylic acids is 1. The first-order valence-corrected chi connectivity index (χ1v) is 6.50. The molecule has 0 aliphatic heterocycles. The molecular weight excluding hydrogens is 252 g/mol. The van der Waals surface area contributed by atoms with Gasteiger partial charge in [-0.1, -0.05) is 12.1 Å². The highest BCUT2D eigenvalue weighted by Crippen LogP contribution is 2.36. The standard InChI is InChI=1S/C16H18N2O2/c1-13(19)16(9-3-11-17,10-4-12-18)14-5-7-15(20-2)8-6-14/h5-8H,3-4,9-10H2,1-2H3. The van der Waals surface area contributed by atoms with Crippen molar-refractivity contribution in [1.29, 1.82) is 10.5 Å². The lowest BCUT2D eigenvalue weighted by molar-refractivity contribution is -0.123. The number of nitrogens with zero attached hydrogens (tertiary/aromatic N) is 2. The van der Waals surface area contributed by atoms with E-state index in [4.69, 9.17) is 15.3 Å². The van der Waals surface area contributed by atoms with Crippen LogP contribution >= 0.6 is 0 Å². The molecule has 4 nitrogen and oxygen atoms in total. The number of hydrogen-bond acceptors (Lipinski definition) is 4. The van der Waals surface area contributed by atoms with E-state index in [1.165, 1.54) is 6.92 Å². The van der Waals surface area contributed by atoms with Crippen LogP contribution < -0.4 is 4.74 Å². The summed E-state index contributed by atoms with van der Waals surface area (Å²) in [7, 11) is 1.58. The highest BCUT2D eigenvalue weighted by molar-refractivity contribution is 5.88. The van der Waals surface area contributed by atoms with Crippen LogP contribution in [-0.4, -0.2) is 12.9 Å². The van der Waals surface area contributed by atoms with Crippen molar-refractivity contribution in [3.05, 3.63) is 29.8 Å². The SMILES string of the molecule is COc1ccc(C(CCC#N)(CCC#N)C(C)=O)cc1. The minimum atomic E-state index is -0.752. The molecule has 4 heteroatoms. The van der Waals surface area contributed by atoms with Crippen LogP contribution in [0.3, 0.4) is 0 Å². The minimum absolute atomic E-state index is 0.00633. The van der Waals surface area contributed by atoms with Crippen LogP contribution in [0.1, 0.15) is 38.2 Å². The van der Waals surface area contributed by atoms with E-state index in [-0.39, 0.29) is 18.6 Å². The molecule has 0 spiro atoms. The maximum absolute atomic E-state index is 12.2. The summed E-state index contributed by atoms with van der Waals surface area (Å²) >= 11 is 0. The summed E-state index contributed by atoms with van der Waals surface area (Å²) in [5.74, 6) is 0.708. The van der Waals surface area contributed by atoms with E-state index >= 15 is 0 Å². The zero-order valence-electron chi connectivity index (χ0n) is 11.8. The fourth-order valence-corrected chi connectivity index (χ4v) is 2.42. The van der Waals surface area contributed by atoms with Gasteiger partial charge in [-0.3, -0.25) is 4.79 Å². The van der Waals surface area contributed by atoms with E-state index in [2.05, 4.69) is 12.1 Å². The summed E-state index contributed by atoms with van der Waals surface area (Å²) in [5, 5.41) is 17.6. The quantitative estimate of drug-likeness (QED) is 0.763. The van der Waals surface area contributed by atoms with Gasteiger partial charge in [-0.25, -0.2) is 0 Å². The molecule has 20 heavy (non-hydrogen) atoms. The fourth-order valence-electron chi connectivity index (χ4n) is 2.42. The van der Waals surface area contributed by atoms with Crippen molar-refractivity contribution in [2.24, 2.45) is 0 Å². The third-order valence-electron chi connectivity index (χ3n) is 3.64. The molecule has 1 rings (SSSR count). The number of rotatable bonds is 7. The van der Waals surface area contributed by atoms with Crippen LogP contribution in [0.5, 0.6) is 5.75 Å². The summed E-state index contributed by atoms with van der Waals surface area (Å²) < 4.78 is 5.11. The van der Waals surface area contributed by atoms with Crippen LogP contribution in [0.2, 0.25) is 0 Å². The first-order chi connectivity index (χ1) is 9.60. The second-order valence-corrected chi connectivity index (χ2v) is 4.68. The molecule has 0 saturated carbocycles. The summed E-state index contributed by atoms with van der Waals surface area (Å²) in [5.41, 5.74) is 0.0915. The molecule has 0 bridgehead atoms. The number of Topliss-reactive ketones (excluding diaryl/α,β-unsaturated/α-hetero) is 1.